The first-order chi connectivity index (χ1) is 11.5. The molecule has 0 spiro atoms. The maximum atomic E-state index is 13.9. The number of hydrogen-bond donors (Lipinski definition) is 1. The molecular weight excluding hydrogens is 354 g/mol. The van der Waals surface area contributed by atoms with Crippen molar-refractivity contribution in [3.05, 3.63) is 41.7 Å². The molecule has 25 heavy (non-hydrogen) atoms. The third-order valence-corrected chi connectivity index (χ3v) is 5.25. The number of imidazole rings is 1. The van der Waals surface area contributed by atoms with Gasteiger partial charge in [-0.15, -0.1) is 0 Å². The van der Waals surface area contributed by atoms with Crippen LogP contribution in [0.1, 0.15) is 24.3 Å². The SMILES string of the molecule is CC(C)N(C)S(=O)(=O)NC(=O)c1cn(C)c(-c2c(F)cccc2F)n1. The molecule has 7 nitrogen and oxygen atoms in total. The van der Waals surface area contributed by atoms with Crippen LogP contribution in [0.4, 0.5) is 8.78 Å². The second kappa shape index (κ2) is 6.89. The van der Waals surface area contributed by atoms with E-state index in [-0.39, 0.29) is 17.6 Å². The number of carbonyl (C=O) groups is 1. The highest BCUT2D eigenvalue weighted by Gasteiger charge is 2.26. The molecule has 2 aromatic rings. The van der Waals surface area contributed by atoms with E-state index in [4.69, 9.17) is 0 Å². The van der Waals surface area contributed by atoms with E-state index in [0.29, 0.717) is 0 Å². The highest BCUT2D eigenvalue weighted by Crippen LogP contribution is 2.24. The van der Waals surface area contributed by atoms with Crippen LogP contribution in [-0.2, 0) is 17.3 Å². The number of hydrogen-bond acceptors (Lipinski definition) is 4. The van der Waals surface area contributed by atoms with Gasteiger partial charge in [0.15, 0.2) is 0 Å². The fourth-order valence-corrected chi connectivity index (χ4v) is 3.08. The number of nitrogens with one attached hydrogen (secondary N) is 1. The summed E-state index contributed by atoms with van der Waals surface area (Å²) in [6.45, 7) is 3.28. The Bertz CT molecular complexity index is 889. The van der Waals surface area contributed by atoms with Gasteiger partial charge in [-0.05, 0) is 26.0 Å². The molecular formula is C15H18F2N4O3S. The Morgan fingerprint density at radius 3 is 2.36 bits per heavy atom. The zero-order chi connectivity index (χ0) is 18.9. The Morgan fingerprint density at radius 2 is 1.84 bits per heavy atom. The van der Waals surface area contributed by atoms with Crippen molar-refractivity contribution < 1.29 is 22.0 Å². The first kappa shape index (κ1) is 19.0. The fraction of sp³-hybridized carbons (Fsp3) is 0.333. The minimum atomic E-state index is -4.06. The third kappa shape index (κ3) is 3.85. The summed E-state index contributed by atoms with van der Waals surface area (Å²) in [5.41, 5.74) is -0.674. The van der Waals surface area contributed by atoms with Crippen molar-refractivity contribution in [2.45, 2.75) is 19.9 Å². The summed E-state index contributed by atoms with van der Waals surface area (Å²) < 4.78 is 56.0. The number of halogens is 2. The van der Waals surface area contributed by atoms with Crippen LogP contribution in [0.15, 0.2) is 24.4 Å². The van der Waals surface area contributed by atoms with Gasteiger partial charge in [0, 0.05) is 26.3 Å². The number of nitrogens with zero attached hydrogens (tertiary/aromatic N) is 3. The Balaban J connectivity index is 2.36. The molecule has 0 aliphatic rings. The summed E-state index contributed by atoms with van der Waals surface area (Å²) in [4.78, 5) is 16.1. The van der Waals surface area contributed by atoms with Crippen molar-refractivity contribution in [1.82, 2.24) is 18.6 Å². The average molecular weight is 372 g/mol. The van der Waals surface area contributed by atoms with E-state index in [1.165, 1.54) is 30.9 Å². The highest BCUT2D eigenvalue weighted by molar-refractivity contribution is 7.87. The number of aromatic nitrogens is 2. The predicted octanol–water partition coefficient (Wildman–Crippen LogP) is 1.68. The Kier molecular flexibility index (Phi) is 5.23. The van der Waals surface area contributed by atoms with E-state index in [0.717, 1.165) is 16.4 Å². The number of amides is 1. The van der Waals surface area contributed by atoms with E-state index >= 15 is 0 Å². The lowest BCUT2D eigenvalue weighted by molar-refractivity contribution is 0.0974. The zero-order valence-electron chi connectivity index (χ0n) is 14.1. The molecule has 0 saturated heterocycles. The van der Waals surface area contributed by atoms with Crippen LogP contribution in [0.2, 0.25) is 0 Å². The molecule has 0 aliphatic carbocycles. The van der Waals surface area contributed by atoms with Gasteiger partial charge < -0.3 is 4.57 Å². The summed E-state index contributed by atoms with van der Waals surface area (Å²) in [7, 11) is -1.29. The fourth-order valence-electron chi connectivity index (χ4n) is 2.04. The van der Waals surface area contributed by atoms with Crippen LogP contribution in [0.5, 0.6) is 0 Å². The van der Waals surface area contributed by atoms with Crippen molar-refractivity contribution in [2.24, 2.45) is 7.05 Å². The number of benzene rings is 1. The lowest BCUT2D eigenvalue weighted by Crippen LogP contribution is -2.44. The number of rotatable bonds is 5. The first-order valence-electron chi connectivity index (χ1n) is 7.32. The molecule has 0 bridgehead atoms. The van der Waals surface area contributed by atoms with Crippen LogP contribution in [0, 0.1) is 11.6 Å². The molecule has 1 heterocycles. The van der Waals surface area contributed by atoms with Gasteiger partial charge >= 0.3 is 10.2 Å². The Morgan fingerprint density at radius 1 is 1.28 bits per heavy atom. The molecule has 2 rings (SSSR count). The smallest absolute Gasteiger partial charge is 0.304 e. The lowest BCUT2D eigenvalue weighted by atomic mass is 10.2. The van der Waals surface area contributed by atoms with E-state index < -0.39 is 33.3 Å². The lowest BCUT2D eigenvalue weighted by Gasteiger charge is -2.20. The van der Waals surface area contributed by atoms with Gasteiger partial charge in [0.1, 0.15) is 23.2 Å². The molecule has 136 valence electrons. The van der Waals surface area contributed by atoms with Crippen molar-refractivity contribution in [3.8, 4) is 11.4 Å². The maximum absolute atomic E-state index is 13.9. The molecule has 1 aromatic heterocycles. The normalized spacial score (nSPS) is 12.0. The van der Waals surface area contributed by atoms with Gasteiger partial charge in [-0.25, -0.2) is 18.5 Å². The van der Waals surface area contributed by atoms with E-state index in [1.807, 2.05) is 4.72 Å². The van der Waals surface area contributed by atoms with E-state index in [9.17, 15) is 22.0 Å². The van der Waals surface area contributed by atoms with Crippen LogP contribution < -0.4 is 4.72 Å². The molecule has 0 fully saturated rings. The molecule has 1 N–H and O–H groups in total. The summed E-state index contributed by atoms with van der Waals surface area (Å²) in [5.74, 6) is -2.80. The highest BCUT2D eigenvalue weighted by atomic mass is 32.2. The van der Waals surface area contributed by atoms with Gasteiger partial charge in [0.05, 0.1) is 5.56 Å². The number of aryl methyl sites for hydroxylation is 1. The standard InChI is InChI=1S/C15H18F2N4O3S/c1-9(2)21(4)25(23,24)19-15(22)12-8-20(3)14(18-12)13-10(16)6-5-7-11(13)17/h5-9H,1-4H3,(H,19,22). The third-order valence-electron chi connectivity index (χ3n) is 3.62. The van der Waals surface area contributed by atoms with Crippen LogP contribution in [0.3, 0.4) is 0 Å². The minimum absolute atomic E-state index is 0.129. The molecule has 0 unspecified atom stereocenters. The second-order valence-electron chi connectivity index (χ2n) is 5.70. The van der Waals surface area contributed by atoms with E-state index in [1.54, 1.807) is 13.8 Å². The average Bonchev–Trinajstić information content (AvgIpc) is 2.88. The second-order valence-corrected chi connectivity index (χ2v) is 7.43. The molecule has 1 amide bonds. The summed E-state index contributed by atoms with van der Waals surface area (Å²) >= 11 is 0. The number of carbonyl (C=O) groups excluding carboxylic acids is 1. The monoisotopic (exact) mass is 372 g/mol. The van der Waals surface area contributed by atoms with Crippen molar-refractivity contribution in [2.75, 3.05) is 7.05 Å². The Labute approximate surface area is 144 Å². The molecule has 1 aromatic carbocycles. The van der Waals surface area contributed by atoms with Crippen LogP contribution in [-0.4, -0.2) is 41.3 Å². The van der Waals surface area contributed by atoms with Gasteiger partial charge in [0.2, 0.25) is 0 Å². The van der Waals surface area contributed by atoms with Gasteiger partial charge in [-0.1, -0.05) is 6.07 Å². The largest absolute Gasteiger partial charge is 0.333 e. The quantitative estimate of drug-likeness (QED) is 0.866. The maximum Gasteiger partial charge on any atom is 0.304 e. The van der Waals surface area contributed by atoms with Crippen molar-refractivity contribution in [1.29, 1.82) is 0 Å². The molecule has 0 radical (unpaired) electrons. The molecule has 0 aliphatic heterocycles. The van der Waals surface area contributed by atoms with E-state index in [2.05, 4.69) is 4.98 Å². The first-order valence-corrected chi connectivity index (χ1v) is 8.76. The summed E-state index contributed by atoms with van der Waals surface area (Å²) in [5, 5.41) is 0. The predicted molar refractivity (Wildman–Crippen MR) is 87.8 cm³/mol. The molecule has 0 atom stereocenters. The topological polar surface area (TPSA) is 84.3 Å². The van der Waals surface area contributed by atoms with Crippen LogP contribution in [0.25, 0.3) is 11.4 Å². The van der Waals surface area contributed by atoms with Gasteiger partial charge in [-0.2, -0.15) is 12.7 Å². The van der Waals surface area contributed by atoms with Gasteiger partial charge in [0.25, 0.3) is 5.91 Å². The van der Waals surface area contributed by atoms with Crippen molar-refractivity contribution in [3.63, 3.8) is 0 Å². The van der Waals surface area contributed by atoms with Crippen molar-refractivity contribution >= 4 is 16.1 Å². The van der Waals surface area contributed by atoms with Gasteiger partial charge in [-0.3, -0.25) is 4.79 Å². The summed E-state index contributed by atoms with van der Waals surface area (Å²) in [6, 6.07) is 2.97. The minimum Gasteiger partial charge on any atom is -0.333 e. The zero-order valence-corrected chi connectivity index (χ0v) is 14.9. The molecule has 10 heteroatoms. The summed E-state index contributed by atoms with van der Waals surface area (Å²) in [6.07, 6.45) is 1.20. The Hall–Kier alpha value is -2.33. The molecule has 0 saturated carbocycles. The van der Waals surface area contributed by atoms with Crippen LogP contribution >= 0.6 is 0 Å².